The molecule has 0 aliphatic heterocycles. The van der Waals surface area contributed by atoms with E-state index in [-0.39, 0.29) is 5.75 Å². The number of ether oxygens (including phenoxy) is 1. The van der Waals surface area contributed by atoms with Gasteiger partial charge in [-0.2, -0.15) is 0 Å². The van der Waals surface area contributed by atoms with Crippen molar-refractivity contribution in [2.45, 2.75) is 71.6 Å². The lowest BCUT2D eigenvalue weighted by Gasteiger charge is -2.31. The first-order valence-corrected chi connectivity index (χ1v) is 10.9. The molecule has 4 N–H and O–H groups in total. The van der Waals surface area contributed by atoms with E-state index in [9.17, 15) is 24.6 Å². The van der Waals surface area contributed by atoms with Crippen LogP contribution in [0.25, 0.3) is 0 Å². The van der Waals surface area contributed by atoms with Crippen LogP contribution in [0.4, 0.5) is 4.79 Å². The number of carbonyl (C=O) groups excluding carboxylic acids is 3. The van der Waals surface area contributed by atoms with Crippen molar-refractivity contribution in [3.8, 4) is 5.75 Å². The van der Waals surface area contributed by atoms with E-state index < -0.39 is 42.2 Å². The average Bonchev–Trinajstić information content (AvgIpc) is 2.70. The molecule has 0 aliphatic rings. The number of likely N-dealkylation sites (N-methyl/N-ethyl adjacent to an activating group) is 1. The number of rotatable bonds is 10. The lowest BCUT2D eigenvalue weighted by Crippen LogP contribution is -2.53. The number of aryl methyl sites for hydroxylation is 1. The van der Waals surface area contributed by atoms with Gasteiger partial charge in [-0.1, -0.05) is 25.8 Å². The molecule has 1 rings (SSSR count). The molecule has 9 heteroatoms. The van der Waals surface area contributed by atoms with Gasteiger partial charge in [0.15, 0.2) is 0 Å². The third-order valence-electron chi connectivity index (χ3n) is 4.77. The maximum absolute atomic E-state index is 13.1. The molecule has 0 fully saturated rings. The second-order valence-electron chi connectivity index (χ2n) is 8.78. The predicted molar refractivity (Wildman–Crippen MR) is 121 cm³/mol. The Bertz CT molecular complexity index is 790. The van der Waals surface area contributed by atoms with Gasteiger partial charge in [-0.25, -0.2) is 4.79 Å². The molecule has 1 aromatic rings. The minimum Gasteiger partial charge on any atom is -0.508 e. The van der Waals surface area contributed by atoms with Gasteiger partial charge >= 0.3 is 6.09 Å². The lowest BCUT2D eigenvalue weighted by molar-refractivity contribution is -0.141. The van der Waals surface area contributed by atoms with Gasteiger partial charge in [0.1, 0.15) is 23.4 Å². The van der Waals surface area contributed by atoms with Crippen LogP contribution in [0.5, 0.6) is 5.75 Å². The number of unbranched alkanes of at least 4 members (excludes halogenated alkanes) is 2. The molecular weight excluding hydrogens is 414 g/mol. The van der Waals surface area contributed by atoms with E-state index in [1.165, 1.54) is 18.0 Å². The molecule has 32 heavy (non-hydrogen) atoms. The molecular formula is C23H37N3O6. The third kappa shape index (κ3) is 8.37. The summed E-state index contributed by atoms with van der Waals surface area (Å²) in [6, 6.07) is 2.35. The van der Waals surface area contributed by atoms with Crippen molar-refractivity contribution >= 4 is 17.9 Å². The zero-order valence-electron chi connectivity index (χ0n) is 19.9. The molecule has 2 atom stereocenters. The maximum atomic E-state index is 13.1. The van der Waals surface area contributed by atoms with Gasteiger partial charge in [-0.3, -0.25) is 9.59 Å². The van der Waals surface area contributed by atoms with Crippen LogP contribution in [0.3, 0.4) is 0 Å². The highest BCUT2D eigenvalue weighted by atomic mass is 16.6. The first-order chi connectivity index (χ1) is 14.9. The number of hydrogen-bond donors (Lipinski definition) is 4. The summed E-state index contributed by atoms with van der Waals surface area (Å²) in [5, 5.41) is 24.8. The Kier molecular flexibility index (Phi) is 10.5. The zero-order valence-corrected chi connectivity index (χ0v) is 19.9. The topological polar surface area (TPSA) is 128 Å². The van der Waals surface area contributed by atoms with E-state index in [4.69, 9.17) is 4.74 Å². The summed E-state index contributed by atoms with van der Waals surface area (Å²) in [5.74, 6) is -0.974. The van der Waals surface area contributed by atoms with Crippen molar-refractivity contribution in [1.82, 2.24) is 15.5 Å². The molecule has 0 aromatic heterocycles. The summed E-state index contributed by atoms with van der Waals surface area (Å²) in [5.41, 5.74) is 0.277. The summed E-state index contributed by atoms with van der Waals surface area (Å²) < 4.78 is 5.16. The van der Waals surface area contributed by atoms with Gasteiger partial charge in [-0.15, -0.1) is 0 Å². The van der Waals surface area contributed by atoms with Crippen molar-refractivity contribution in [2.24, 2.45) is 0 Å². The molecule has 3 amide bonds. The molecule has 9 nitrogen and oxygen atoms in total. The first kappa shape index (κ1) is 27.2. The fraction of sp³-hybridized carbons (Fsp3) is 0.609. The number of nitrogens with zero attached hydrogens (tertiary/aromatic N) is 1. The smallest absolute Gasteiger partial charge is 0.408 e. The molecule has 0 heterocycles. The van der Waals surface area contributed by atoms with E-state index in [0.717, 1.165) is 19.3 Å². The van der Waals surface area contributed by atoms with Crippen molar-refractivity contribution in [1.29, 1.82) is 0 Å². The molecule has 0 saturated carbocycles. The molecule has 0 radical (unpaired) electrons. The second kappa shape index (κ2) is 12.3. The number of hydrogen-bond acceptors (Lipinski definition) is 6. The first-order valence-electron chi connectivity index (χ1n) is 10.9. The highest BCUT2D eigenvalue weighted by molar-refractivity contribution is 5.92. The number of phenols is 1. The molecule has 0 spiro atoms. The minimum absolute atomic E-state index is 0.0738. The van der Waals surface area contributed by atoms with Gasteiger partial charge < -0.3 is 30.5 Å². The summed E-state index contributed by atoms with van der Waals surface area (Å²) >= 11 is 0. The summed E-state index contributed by atoms with van der Waals surface area (Å²) in [6.45, 7) is 8.59. The van der Waals surface area contributed by atoms with Gasteiger partial charge in [0, 0.05) is 13.6 Å². The number of nitrogens with one attached hydrogen (secondary N) is 2. The van der Waals surface area contributed by atoms with E-state index in [1.54, 1.807) is 39.8 Å². The lowest BCUT2D eigenvalue weighted by atomic mass is 10.0. The number of alkyl carbamates (subject to hydrolysis) is 1. The summed E-state index contributed by atoms with van der Waals surface area (Å²) in [6.07, 6.45) is 1.92. The molecule has 0 aliphatic carbocycles. The largest absolute Gasteiger partial charge is 0.508 e. The SMILES string of the molecule is CCCCCNC(=O)C(c1ccc(O)c(C)c1)N(C)C(=O)C(CO)NC(=O)OC(C)(C)C. The number of aromatic hydroxyl groups is 1. The van der Waals surface area contributed by atoms with Crippen molar-refractivity contribution in [2.75, 3.05) is 20.2 Å². The Labute approximate surface area is 190 Å². The Hall–Kier alpha value is -2.81. The Morgan fingerprint density at radius 3 is 2.38 bits per heavy atom. The number of phenolic OH excluding ortho intramolecular Hbond substituents is 1. The van der Waals surface area contributed by atoms with E-state index in [2.05, 4.69) is 17.6 Å². The van der Waals surface area contributed by atoms with Crippen LogP contribution in [0, 0.1) is 6.92 Å². The second-order valence-corrected chi connectivity index (χ2v) is 8.78. The normalized spacial score (nSPS) is 13.1. The van der Waals surface area contributed by atoms with Crippen molar-refractivity contribution in [3.63, 3.8) is 0 Å². The van der Waals surface area contributed by atoms with Crippen LogP contribution in [0.1, 0.15) is 64.1 Å². The van der Waals surface area contributed by atoms with Crippen LogP contribution in [0.15, 0.2) is 18.2 Å². The van der Waals surface area contributed by atoms with Gasteiger partial charge in [0.2, 0.25) is 11.8 Å². The summed E-state index contributed by atoms with van der Waals surface area (Å²) in [4.78, 5) is 39.4. The fourth-order valence-electron chi connectivity index (χ4n) is 3.09. The Morgan fingerprint density at radius 1 is 1.19 bits per heavy atom. The molecule has 0 saturated heterocycles. The highest BCUT2D eigenvalue weighted by Crippen LogP contribution is 2.26. The monoisotopic (exact) mass is 451 g/mol. The van der Waals surface area contributed by atoms with Crippen LogP contribution in [0.2, 0.25) is 0 Å². The van der Waals surface area contributed by atoms with Gasteiger partial charge in [-0.05, 0) is 57.4 Å². The number of amides is 3. The van der Waals surface area contributed by atoms with Crippen molar-refractivity contribution in [3.05, 3.63) is 29.3 Å². The standard InChI is InChI=1S/C23H37N3O6/c1-7-8-9-12-24-20(29)19(16-10-11-18(28)15(2)13-16)26(6)21(30)17(14-27)25-22(31)32-23(3,4)5/h10-11,13,17,19,27-28H,7-9,12,14H2,1-6H3,(H,24,29)(H,25,31). The summed E-state index contributed by atoms with van der Waals surface area (Å²) in [7, 11) is 1.43. The Balaban J connectivity index is 3.12. The number of carbonyl (C=O) groups is 3. The number of aliphatic hydroxyl groups is 1. The van der Waals surface area contributed by atoms with Crippen LogP contribution in [-0.2, 0) is 14.3 Å². The predicted octanol–water partition coefficient (Wildman–Crippen LogP) is 2.39. The van der Waals surface area contributed by atoms with Gasteiger partial charge in [0.25, 0.3) is 0 Å². The molecule has 1 aromatic carbocycles. The Morgan fingerprint density at radius 2 is 1.84 bits per heavy atom. The van der Waals surface area contributed by atoms with E-state index >= 15 is 0 Å². The van der Waals surface area contributed by atoms with Crippen LogP contribution >= 0.6 is 0 Å². The van der Waals surface area contributed by atoms with E-state index in [0.29, 0.717) is 17.7 Å². The van der Waals surface area contributed by atoms with Crippen LogP contribution in [-0.4, -0.2) is 64.9 Å². The number of aliphatic hydroxyl groups excluding tert-OH is 1. The quantitative estimate of drug-likeness (QED) is 0.405. The fourth-order valence-corrected chi connectivity index (χ4v) is 3.09. The zero-order chi connectivity index (χ0) is 24.5. The van der Waals surface area contributed by atoms with Crippen molar-refractivity contribution < 1.29 is 29.3 Å². The molecule has 2 unspecified atom stereocenters. The minimum atomic E-state index is -1.29. The third-order valence-corrected chi connectivity index (χ3v) is 4.77. The average molecular weight is 452 g/mol. The van der Waals surface area contributed by atoms with Gasteiger partial charge in [0.05, 0.1) is 6.61 Å². The maximum Gasteiger partial charge on any atom is 0.408 e. The van der Waals surface area contributed by atoms with E-state index in [1.807, 2.05) is 0 Å². The van der Waals surface area contributed by atoms with Crippen LogP contribution < -0.4 is 10.6 Å². The number of benzene rings is 1. The molecule has 0 bridgehead atoms. The highest BCUT2D eigenvalue weighted by Gasteiger charge is 2.34. The molecule has 180 valence electrons.